The van der Waals surface area contributed by atoms with Gasteiger partial charge in [-0.1, -0.05) is 23.7 Å². The number of halogens is 1. The molecule has 0 fully saturated rings. The first-order chi connectivity index (χ1) is 7.20. The van der Waals surface area contributed by atoms with Gasteiger partial charge in [-0.25, -0.2) is 4.68 Å². The van der Waals surface area contributed by atoms with Crippen molar-refractivity contribution >= 4 is 11.6 Å². The maximum absolute atomic E-state index is 5.97. The highest BCUT2D eigenvalue weighted by molar-refractivity contribution is 6.31. The third-order valence-corrected chi connectivity index (χ3v) is 2.52. The Morgan fingerprint density at radius 2 is 2.27 bits per heavy atom. The number of aryl methyl sites for hydroxylation is 1. The van der Waals surface area contributed by atoms with Gasteiger partial charge in [-0.15, -0.1) is 0 Å². The van der Waals surface area contributed by atoms with E-state index in [2.05, 4.69) is 5.10 Å². The molecule has 1 aromatic heterocycles. The highest BCUT2D eigenvalue weighted by Crippen LogP contribution is 2.17. The summed E-state index contributed by atoms with van der Waals surface area (Å²) in [6.07, 6.45) is 1.78. The number of nitrogens with two attached hydrogens (primary N) is 1. The Morgan fingerprint density at radius 3 is 2.87 bits per heavy atom. The second kappa shape index (κ2) is 4.04. The normalized spacial score (nSPS) is 10.6. The Bertz CT molecular complexity index is 476. The van der Waals surface area contributed by atoms with Gasteiger partial charge in [-0.2, -0.15) is 5.10 Å². The molecule has 0 aliphatic rings. The van der Waals surface area contributed by atoms with Crippen LogP contribution in [-0.2, 0) is 6.54 Å². The van der Waals surface area contributed by atoms with E-state index in [1.165, 1.54) is 5.56 Å². The van der Waals surface area contributed by atoms with Crippen molar-refractivity contribution < 1.29 is 0 Å². The summed E-state index contributed by atoms with van der Waals surface area (Å²) in [6.45, 7) is 2.40. The summed E-state index contributed by atoms with van der Waals surface area (Å²) >= 11 is 5.97. The molecule has 0 atom stereocenters. The second-order valence-corrected chi connectivity index (χ2v) is 3.82. The van der Waals surface area contributed by atoms with Crippen molar-refractivity contribution in [3.05, 3.63) is 46.7 Å². The zero-order chi connectivity index (χ0) is 10.8. The molecule has 2 aromatic rings. The van der Waals surface area contributed by atoms with Gasteiger partial charge in [0, 0.05) is 12.7 Å². The van der Waals surface area contributed by atoms with Gasteiger partial charge in [0.05, 0.1) is 16.4 Å². The average molecular weight is 222 g/mol. The van der Waals surface area contributed by atoms with Crippen LogP contribution in [0.15, 0.2) is 30.5 Å². The summed E-state index contributed by atoms with van der Waals surface area (Å²) in [6, 6.07) is 8.06. The minimum absolute atomic E-state index is 0.359. The minimum Gasteiger partial charge on any atom is -0.325 e. The Morgan fingerprint density at radius 1 is 1.47 bits per heavy atom. The van der Waals surface area contributed by atoms with Crippen molar-refractivity contribution in [1.29, 1.82) is 0 Å². The fourth-order valence-corrected chi connectivity index (χ4v) is 1.64. The quantitative estimate of drug-likeness (QED) is 0.846. The van der Waals surface area contributed by atoms with Crippen LogP contribution in [0.2, 0.25) is 5.02 Å². The highest BCUT2D eigenvalue weighted by Gasteiger charge is 2.05. The van der Waals surface area contributed by atoms with Crippen LogP contribution >= 0.6 is 11.6 Å². The predicted molar refractivity (Wildman–Crippen MR) is 61.2 cm³/mol. The van der Waals surface area contributed by atoms with Gasteiger partial charge in [0.2, 0.25) is 0 Å². The van der Waals surface area contributed by atoms with E-state index in [-0.39, 0.29) is 0 Å². The van der Waals surface area contributed by atoms with Crippen LogP contribution in [0.25, 0.3) is 5.69 Å². The van der Waals surface area contributed by atoms with Crippen LogP contribution < -0.4 is 5.73 Å². The van der Waals surface area contributed by atoms with Crippen molar-refractivity contribution in [1.82, 2.24) is 9.78 Å². The molecule has 0 aliphatic carbocycles. The smallest absolute Gasteiger partial charge is 0.0950 e. The third kappa shape index (κ3) is 2.03. The van der Waals surface area contributed by atoms with E-state index in [1.54, 1.807) is 10.9 Å². The zero-order valence-corrected chi connectivity index (χ0v) is 9.20. The SMILES string of the molecule is Cc1cccc(-n2cc(Cl)c(CN)n2)c1. The molecule has 0 saturated carbocycles. The lowest BCUT2D eigenvalue weighted by molar-refractivity contribution is 0.833. The molecule has 1 aromatic carbocycles. The van der Waals surface area contributed by atoms with Crippen LogP contribution in [-0.4, -0.2) is 9.78 Å². The van der Waals surface area contributed by atoms with Crippen molar-refractivity contribution in [2.24, 2.45) is 5.73 Å². The van der Waals surface area contributed by atoms with E-state index in [0.29, 0.717) is 11.6 Å². The molecule has 0 amide bonds. The Balaban J connectivity index is 2.45. The number of nitrogens with zero attached hydrogens (tertiary/aromatic N) is 2. The Kier molecular flexibility index (Phi) is 2.75. The third-order valence-electron chi connectivity index (χ3n) is 2.20. The molecule has 4 heteroatoms. The zero-order valence-electron chi connectivity index (χ0n) is 8.44. The fourth-order valence-electron chi connectivity index (χ4n) is 1.43. The van der Waals surface area contributed by atoms with E-state index in [4.69, 9.17) is 17.3 Å². The molecular weight excluding hydrogens is 210 g/mol. The molecule has 0 bridgehead atoms. The second-order valence-electron chi connectivity index (χ2n) is 3.41. The van der Waals surface area contributed by atoms with Crippen LogP contribution in [0.1, 0.15) is 11.3 Å². The molecule has 2 N–H and O–H groups in total. The van der Waals surface area contributed by atoms with Gasteiger partial charge in [-0.3, -0.25) is 0 Å². The lowest BCUT2D eigenvalue weighted by Gasteiger charge is -2.01. The van der Waals surface area contributed by atoms with E-state index in [1.807, 2.05) is 31.2 Å². The first-order valence-corrected chi connectivity index (χ1v) is 5.09. The van der Waals surface area contributed by atoms with Crippen molar-refractivity contribution in [2.75, 3.05) is 0 Å². The first-order valence-electron chi connectivity index (χ1n) is 4.72. The molecular formula is C11H12ClN3. The summed E-state index contributed by atoms with van der Waals surface area (Å²) in [7, 11) is 0. The minimum atomic E-state index is 0.359. The summed E-state index contributed by atoms with van der Waals surface area (Å²) in [5, 5.41) is 4.91. The van der Waals surface area contributed by atoms with Crippen molar-refractivity contribution in [3.8, 4) is 5.69 Å². The molecule has 78 valence electrons. The van der Waals surface area contributed by atoms with E-state index in [0.717, 1.165) is 11.4 Å². The molecule has 0 unspecified atom stereocenters. The highest BCUT2D eigenvalue weighted by atomic mass is 35.5. The number of rotatable bonds is 2. The van der Waals surface area contributed by atoms with Gasteiger partial charge in [0.25, 0.3) is 0 Å². The number of hydrogen-bond acceptors (Lipinski definition) is 2. The molecule has 0 radical (unpaired) electrons. The molecule has 0 saturated heterocycles. The summed E-state index contributed by atoms with van der Waals surface area (Å²) in [5.74, 6) is 0. The van der Waals surface area contributed by atoms with Crippen molar-refractivity contribution in [3.63, 3.8) is 0 Å². The lowest BCUT2D eigenvalue weighted by Crippen LogP contribution is -2.00. The van der Waals surface area contributed by atoms with E-state index >= 15 is 0 Å². The monoisotopic (exact) mass is 221 g/mol. The van der Waals surface area contributed by atoms with Gasteiger partial charge < -0.3 is 5.73 Å². The average Bonchev–Trinajstić information content (AvgIpc) is 2.60. The van der Waals surface area contributed by atoms with Gasteiger partial charge in [0.15, 0.2) is 0 Å². The molecule has 2 rings (SSSR count). The Hall–Kier alpha value is -1.32. The largest absolute Gasteiger partial charge is 0.325 e. The van der Waals surface area contributed by atoms with Gasteiger partial charge in [-0.05, 0) is 24.6 Å². The van der Waals surface area contributed by atoms with E-state index in [9.17, 15) is 0 Å². The maximum atomic E-state index is 5.97. The van der Waals surface area contributed by atoms with Crippen LogP contribution in [0, 0.1) is 6.92 Å². The van der Waals surface area contributed by atoms with Crippen LogP contribution in [0.5, 0.6) is 0 Å². The molecule has 1 heterocycles. The molecule has 0 aliphatic heterocycles. The summed E-state index contributed by atoms with van der Waals surface area (Å²) < 4.78 is 1.75. The topological polar surface area (TPSA) is 43.8 Å². The van der Waals surface area contributed by atoms with Crippen LogP contribution in [0.3, 0.4) is 0 Å². The van der Waals surface area contributed by atoms with Gasteiger partial charge in [0.1, 0.15) is 0 Å². The predicted octanol–water partition coefficient (Wildman–Crippen LogP) is 2.29. The number of aromatic nitrogens is 2. The number of hydrogen-bond donors (Lipinski definition) is 1. The summed E-state index contributed by atoms with van der Waals surface area (Å²) in [5.41, 5.74) is 8.42. The summed E-state index contributed by atoms with van der Waals surface area (Å²) in [4.78, 5) is 0. The Labute approximate surface area is 93.5 Å². The first kappa shape index (κ1) is 10.2. The van der Waals surface area contributed by atoms with Crippen molar-refractivity contribution in [2.45, 2.75) is 13.5 Å². The van der Waals surface area contributed by atoms with Gasteiger partial charge >= 0.3 is 0 Å². The molecule has 3 nitrogen and oxygen atoms in total. The van der Waals surface area contributed by atoms with Crippen LogP contribution in [0.4, 0.5) is 0 Å². The van der Waals surface area contributed by atoms with E-state index < -0.39 is 0 Å². The fraction of sp³-hybridized carbons (Fsp3) is 0.182. The lowest BCUT2D eigenvalue weighted by atomic mass is 10.2. The molecule has 0 spiro atoms. The number of benzene rings is 1. The standard InChI is InChI=1S/C11H12ClN3/c1-8-3-2-4-9(5-8)15-7-10(12)11(6-13)14-15/h2-5,7H,6,13H2,1H3. The maximum Gasteiger partial charge on any atom is 0.0950 e. The molecule has 15 heavy (non-hydrogen) atoms.